The Labute approximate surface area is 308 Å². The van der Waals surface area contributed by atoms with E-state index in [1.807, 2.05) is 24.3 Å². The number of nitrogens with one attached hydrogen (secondary N) is 2. The van der Waals surface area contributed by atoms with E-state index >= 15 is 0 Å². The maximum absolute atomic E-state index is 12.7. The summed E-state index contributed by atoms with van der Waals surface area (Å²) >= 11 is 3.88. The second kappa shape index (κ2) is 13.9. The topological polar surface area (TPSA) is 197 Å². The smallest absolute Gasteiger partial charge is 0.263 e. The number of rotatable bonds is 13. The van der Waals surface area contributed by atoms with Crippen LogP contribution in [-0.2, 0) is 32.3 Å². The zero-order valence-electron chi connectivity index (χ0n) is 26.5. The number of para-hydroxylation sites is 2. The first kappa shape index (κ1) is 33.7. The molecule has 2 N–H and O–H groups in total. The zero-order chi connectivity index (χ0) is 35.7. The van der Waals surface area contributed by atoms with Crippen LogP contribution in [0.25, 0.3) is 22.4 Å². The van der Waals surface area contributed by atoms with Gasteiger partial charge in [0, 0.05) is 28.9 Å². The van der Waals surface area contributed by atoms with Gasteiger partial charge in [0.15, 0.2) is 15.4 Å². The Kier molecular flexibility index (Phi) is 9.01. The SMILES string of the molecule is O=S(=O)(Nc1nccs1)c1ccc(-n2cc(CSc3nc4ccccc4n3Cc3cn(-c4ccc(S(=O)(=O)Nc5nccs5)cc4)nn3)nn2)cc1. The van der Waals surface area contributed by atoms with Crippen LogP contribution in [0.15, 0.2) is 123 Å². The third-order valence-electron chi connectivity index (χ3n) is 7.50. The predicted octanol–water partition coefficient (Wildman–Crippen LogP) is 5.05. The van der Waals surface area contributed by atoms with Crippen molar-refractivity contribution < 1.29 is 16.8 Å². The number of hydrogen-bond acceptors (Lipinski definition) is 14. The van der Waals surface area contributed by atoms with Crippen LogP contribution in [0.4, 0.5) is 10.3 Å². The van der Waals surface area contributed by atoms with E-state index in [0.717, 1.165) is 16.2 Å². The van der Waals surface area contributed by atoms with Crippen molar-refractivity contribution in [2.75, 3.05) is 9.44 Å². The minimum Gasteiger partial charge on any atom is -0.313 e. The zero-order valence-corrected chi connectivity index (χ0v) is 30.5. The van der Waals surface area contributed by atoms with E-state index in [1.54, 1.807) is 56.8 Å². The monoisotopic (exact) mass is 788 g/mol. The summed E-state index contributed by atoms with van der Waals surface area (Å²) in [6.45, 7) is 0.381. The summed E-state index contributed by atoms with van der Waals surface area (Å²) in [6, 6.07) is 20.5. The first-order chi connectivity index (χ1) is 25.2. The minimum atomic E-state index is -3.78. The summed E-state index contributed by atoms with van der Waals surface area (Å²) in [7, 11) is -7.56. The van der Waals surface area contributed by atoms with Gasteiger partial charge < -0.3 is 4.57 Å². The third kappa shape index (κ3) is 7.16. The highest BCUT2D eigenvalue weighted by molar-refractivity contribution is 7.98. The number of imidazole rings is 1. The average Bonchev–Trinajstić information content (AvgIpc) is 4.00. The molecule has 0 aliphatic heterocycles. The maximum atomic E-state index is 12.7. The highest BCUT2D eigenvalue weighted by atomic mass is 32.2. The Morgan fingerprint density at radius 1 is 0.673 bits per heavy atom. The van der Waals surface area contributed by atoms with Gasteiger partial charge in [0.25, 0.3) is 20.0 Å². The molecule has 0 spiro atoms. The molecule has 0 aliphatic carbocycles. The van der Waals surface area contributed by atoms with E-state index in [2.05, 4.69) is 44.6 Å². The molecule has 16 nitrogen and oxygen atoms in total. The number of thioether (sulfide) groups is 1. The minimum absolute atomic E-state index is 0.0997. The van der Waals surface area contributed by atoms with Gasteiger partial charge in [0.2, 0.25) is 0 Å². The fraction of sp³-hybridized carbons (Fsp3) is 0.0645. The number of nitrogens with zero attached hydrogens (tertiary/aromatic N) is 10. The summed E-state index contributed by atoms with van der Waals surface area (Å²) in [5, 5.41) is 21.9. The first-order valence-electron chi connectivity index (χ1n) is 15.2. The van der Waals surface area contributed by atoms with Gasteiger partial charge in [-0.3, -0.25) is 9.44 Å². The molecule has 8 aromatic rings. The quantitative estimate of drug-likeness (QED) is 0.148. The van der Waals surface area contributed by atoms with Gasteiger partial charge >= 0.3 is 0 Å². The molecule has 0 saturated carbocycles. The molecule has 0 fully saturated rings. The number of aromatic nitrogens is 10. The molecule has 21 heteroatoms. The lowest BCUT2D eigenvalue weighted by atomic mass is 10.3. The Morgan fingerprint density at radius 3 is 1.77 bits per heavy atom. The van der Waals surface area contributed by atoms with Crippen molar-refractivity contribution in [3.05, 3.63) is 120 Å². The fourth-order valence-corrected chi connectivity index (χ4v) is 9.52. The van der Waals surface area contributed by atoms with E-state index < -0.39 is 20.0 Å². The van der Waals surface area contributed by atoms with Gasteiger partial charge in [-0.15, -0.1) is 32.9 Å². The lowest BCUT2D eigenvalue weighted by Crippen LogP contribution is -2.12. The van der Waals surface area contributed by atoms with E-state index in [1.165, 1.54) is 71.1 Å². The van der Waals surface area contributed by atoms with E-state index in [9.17, 15) is 16.8 Å². The second-order valence-corrected chi connectivity index (χ2v) is 17.0. The Bertz CT molecular complexity index is 2690. The first-order valence-corrected chi connectivity index (χ1v) is 20.9. The van der Waals surface area contributed by atoms with Crippen molar-refractivity contribution >= 4 is 75.8 Å². The second-order valence-electron chi connectivity index (χ2n) is 10.9. The van der Waals surface area contributed by atoms with Crippen LogP contribution in [0.3, 0.4) is 0 Å². The molecule has 0 radical (unpaired) electrons. The molecule has 0 atom stereocenters. The Hall–Kier alpha value is -5.48. The largest absolute Gasteiger partial charge is 0.313 e. The standard InChI is InChI=1S/C31H24N12O4S5/c44-51(45,37-29-32-13-15-48-29)25-9-5-23(6-10-25)42-18-21(35-39-42)17-41-28-4-2-1-3-27(28)34-31(41)50-20-22-19-43(40-36-22)24-7-11-26(12-8-24)52(46,47)38-30-33-14-16-49-30/h1-16,18-19H,17,20H2,(H,32,37)(H,33,38). The number of fused-ring (bicyclic) bond motifs is 1. The molecule has 0 unspecified atom stereocenters. The predicted molar refractivity (Wildman–Crippen MR) is 197 cm³/mol. The maximum Gasteiger partial charge on any atom is 0.263 e. The molecule has 262 valence electrons. The molecule has 52 heavy (non-hydrogen) atoms. The fourth-order valence-electron chi connectivity index (χ4n) is 5.06. The van der Waals surface area contributed by atoms with Crippen LogP contribution in [0, 0.1) is 0 Å². The summed E-state index contributed by atoms with van der Waals surface area (Å²) in [4.78, 5) is 13.0. The summed E-state index contributed by atoms with van der Waals surface area (Å²) in [5.74, 6) is 0.465. The summed E-state index contributed by atoms with van der Waals surface area (Å²) < 4.78 is 61.1. The van der Waals surface area contributed by atoms with Gasteiger partial charge in [0.05, 0.1) is 56.8 Å². The highest BCUT2D eigenvalue weighted by Crippen LogP contribution is 2.28. The number of hydrogen-bond donors (Lipinski definition) is 2. The van der Waals surface area contributed by atoms with E-state index in [-0.39, 0.29) is 9.79 Å². The molecular formula is C31H24N12O4S5. The van der Waals surface area contributed by atoms with Crippen molar-refractivity contribution in [2.45, 2.75) is 27.2 Å². The van der Waals surface area contributed by atoms with E-state index in [0.29, 0.717) is 45.3 Å². The van der Waals surface area contributed by atoms with Gasteiger partial charge in [0.1, 0.15) is 5.69 Å². The summed E-state index contributed by atoms with van der Waals surface area (Å²) in [6.07, 6.45) is 6.63. The van der Waals surface area contributed by atoms with Crippen LogP contribution in [-0.4, -0.2) is 66.3 Å². The third-order valence-corrected chi connectivity index (χ3v) is 12.9. The molecule has 8 rings (SSSR count). The normalized spacial score (nSPS) is 12.0. The highest BCUT2D eigenvalue weighted by Gasteiger charge is 2.19. The van der Waals surface area contributed by atoms with Crippen LogP contribution in [0.1, 0.15) is 11.4 Å². The number of sulfonamides is 2. The number of benzene rings is 3. The van der Waals surface area contributed by atoms with Crippen molar-refractivity contribution in [2.24, 2.45) is 0 Å². The van der Waals surface area contributed by atoms with Crippen LogP contribution in [0.2, 0.25) is 0 Å². The van der Waals surface area contributed by atoms with Gasteiger partial charge in [-0.2, -0.15) is 0 Å². The van der Waals surface area contributed by atoms with Crippen molar-refractivity contribution in [1.29, 1.82) is 0 Å². The molecular weight excluding hydrogens is 765 g/mol. The van der Waals surface area contributed by atoms with Crippen LogP contribution >= 0.6 is 34.4 Å². The number of anilines is 2. The van der Waals surface area contributed by atoms with Crippen molar-refractivity contribution in [1.82, 2.24) is 49.5 Å². The van der Waals surface area contributed by atoms with Gasteiger partial charge in [-0.25, -0.2) is 41.2 Å². The Morgan fingerprint density at radius 2 is 1.21 bits per heavy atom. The lowest BCUT2D eigenvalue weighted by molar-refractivity contribution is 0.599. The average molecular weight is 789 g/mol. The van der Waals surface area contributed by atoms with Gasteiger partial charge in [-0.05, 0) is 60.7 Å². The molecule has 5 heterocycles. The molecule has 3 aromatic carbocycles. The lowest BCUT2D eigenvalue weighted by Gasteiger charge is -2.07. The number of thiazole rings is 2. The van der Waals surface area contributed by atoms with Gasteiger partial charge in [-0.1, -0.05) is 34.3 Å². The Balaban J connectivity index is 0.955. The molecule has 0 saturated heterocycles. The van der Waals surface area contributed by atoms with E-state index in [4.69, 9.17) is 4.98 Å². The van der Waals surface area contributed by atoms with Crippen LogP contribution in [0.5, 0.6) is 0 Å². The van der Waals surface area contributed by atoms with Crippen molar-refractivity contribution in [3.8, 4) is 11.4 Å². The molecule has 0 amide bonds. The summed E-state index contributed by atoms with van der Waals surface area (Å²) in [5.41, 5.74) is 4.41. The van der Waals surface area contributed by atoms with Crippen LogP contribution < -0.4 is 9.44 Å². The molecule has 0 bridgehead atoms. The van der Waals surface area contributed by atoms with Crippen molar-refractivity contribution in [3.63, 3.8) is 0 Å². The molecule has 0 aliphatic rings. The molecule has 5 aromatic heterocycles.